The highest BCUT2D eigenvalue weighted by Crippen LogP contribution is 2.16. The second-order valence-corrected chi connectivity index (χ2v) is 7.39. The minimum Gasteiger partial charge on any atom is -0.377 e. The molecule has 5 heteroatoms. The van der Waals surface area contributed by atoms with Gasteiger partial charge in [0.25, 0.3) is 0 Å². The molecular weight excluding hydrogens is 222 g/mol. The molecule has 1 rings (SSSR count). The molecule has 0 aromatic rings. The lowest BCUT2D eigenvalue weighted by atomic mass is 10.1. The van der Waals surface area contributed by atoms with Gasteiger partial charge in [0, 0.05) is 27.4 Å². The van der Waals surface area contributed by atoms with E-state index in [-0.39, 0.29) is 0 Å². The Bertz CT molecular complexity index is 174. The largest absolute Gasteiger partial charge is 0.500 e. The molecule has 1 aliphatic heterocycles. The van der Waals surface area contributed by atoms with E-state index in [9.17, 15) is 0 Å². The Morgan fingerprint density at radius 2 is 1.50 bits per heavy atom. The molecule has 16 heavy (non-hydrogen) atoms. The van der Waals surface area contributed by atoms with E-state index in [1.165, 1.54) is 32.4 Å². The van der Waals surface area contributed by atoms with Gasteiger partial charge in [0.15, 0.2) is 0 Å². The Kier molecular flexibility index (Phi) is 6.53. The fourth-order valence-electron chi connectivity index (χ4n) is 2.26. The van der Waals surface area contributed by atoms with Gasteiger partial charge in [-0.05, 0) is 38.9 Å². The predicted octanol–water partition coefficient (Wildman–Crippen LogP) is 1.74. The van der Waals surface area contributed by atoms with Crippen LogP contribution in [0, 0.1) is 0 Å². The maximum Gasteiger partial charge on any atom is 0.500 e. The van der Waals surface area contributed by atoms with Crippen molar-refractivity contribution in [3.05, 3.63) is 0 Å². The van der Waals surface area contributed by atoms with Crippen LogP contribution in [0.1, 0.15) is 25.7 Å². The summed E-state index contributed by atoms with van der Waals surface area (Å²) in [4.78, 5) is 2.53. The third-order valence-corrected chi connectivity index (χ3v) is 6.17. The summed E-state index contributed by atoms with van der Waals surface area (Å²) in [5, 5.41) is 0. The van der Waals surface area contributed by atoms with Crippen LogP contribution in [-0.2, 0) is 13.3 Å². The highest BCUT2D eigenvalue weighted by atomic mass is 28.4. The lowest BCUT2D eigenvalue weighted by Crippen LogP contribution is -2.43. The normalized spacial score (nSPS) is 18.9. The summed E-state index contributed by atoms with van der Waals surface area (Å²) in [7, 11) is 2.71. The zero-order valence-electron chi connectivity index (χ0n) is 10.8. The molecule has 1 saturated heterocycles. The molecule has 0 saturated carbocycles. The molecule has 0 atom stereocenters. The first-order valence-corrected chi connectivity index (χ1v) is 8.07. The Morgan fingerprint density at radius 3 is 2.00 bits per heavy atom. The Balaban J connectivity index is 2.21. The summed E-state index contributed by atoms with van der Waals surface area (Å²) in [6, 6.07) is 0.910. The smallest absolute Gasteiger partial charge is 0.377 e. The van der Waals surface area contributed by atoms with Crippen LogP contribution in [0.5, 0.6) is 0 Å². The highest BCUT2D eigenvalue weighted by Gasteiger charge is 2.37. The molecular formula is C11H25NO3Si. The van der Waals surface area contributed by atoms with Gasteiger partial charge >= 0.3 is 8.80 Å². The molecule has 1 heterocycles. The molecule has 0 amide bonds. The summed E-state index contributed by atoms with van der Waals surface area (Å²) in [5.74, 6) is 0. The molecule has 96 valence electrons. The van der Waals surface area contributed by atoms with E-state index < -0.39 is 8.80 Å². The summed E-state index contributed by atoms with van der Waals surface area (Å²) >= 11 is 0. The second-order valence-electron chi connectivity index (χ2n) is 4.30. The maximum atomic E-state index is 5.40. The number of rotatable bonds is 7. The summed E-state index contributed by atoms with van der Waals surface area (Å²) in [5.41, 5.74) is 0. The third kappa shape index (κ3) is 4.14. The first-order valence-electron chi connectivity index (χ1n) is 6.14. The topological polar surface area (TPSA) is 30.9 Å². The SMILES string of the molecule is CO[Si](CCCN1CCCCC1)(OC)OC. The molecule has 0 aromatic carbocycles. The van der Waals surface area contributed by atoms with Crippen molar-refractivity contribution in [1.82, 2.24) is 4.90 Å². The van der Waals surface area contributed by atoms with Crippen molar-refractivity contribution >= 4 is 8.80 Å². The van der Waals surface area contributed by atoms with E-state index in [0.717, 1.165) is 19.0 Å². The number of nitrogens with zero attached hydrogens (tertiary/aromatic N) is 1. The van der Waals surface area contributed by atoms with Crippen LogP contribution in [0.3, 0.4) is 0 Å². The monoisotopic (exact) mass is 247 g/mol. The van der Waals surface area contributed by atoms with Crippen LogP contribution in [0.25, 0.3) is 0 Å². The van der Waals surface area contributed by atoms with Gasteiger partial charge in [-0.1, -0.05) is 6.42 Å². The van der Waals surface area contributed by atoms with Crippen LogP contribution >= 0.6 is 0 Å². The standard InChI is InChI=1S/C11H25NO3Si/c1-13-16(14-2,15-3)11-7-10-12-8-5-4-6-9-12/h4-11H2,1-3H3. The van der Waals surface area contributed by atoms with Gasteiger partial charge in [0.05, 0.1) is 0 Å². The summed E-state index contributed by atoms with van der Waals surface area (Å²) in [6.07, 6.45) is 5.19. The van der Waals surface area contributed by atoms with Crippen molar-refractivity contribution in [3.63, 3.8) is 0 Å². The highest BCUT2D eigenvalue weighted by molar-refractivity contribution is 6.60. The van der Waals surface area contributed by atoms with Crippen molar-refractivity contribution in [2.24, 2.45) is 0 Å². The van der Waals surface area contributed by atoms with Gasteiger partial charge in [-0.2, -0.15) is 0 Å². The molecule has 4 nitrogen and oxygen atoms in total. The summed E-state index contributed by atoms with van der Waals surface area (Å²) < 4.78 is 16.2. The van der Waals surface area contributed by atoms with Gasteiger partial charge < -0.3 is 18.2 Å². The molecule has 0 aromatic heterocycles. The Hall–Kier alpha value is 0.0569. The van der Waals surface area contributed by atoms with Gasteiger partial charge in [-0.15, -0.1) is 0 Å². The number of hydrogen-bond donors (Lipinski definition) is 0. The van der Waals surface area contributed by atoms with Crippen LogP contribution in [0.2, 0.25) is 6.04 Å². The third-order valence-electron chi connectivity index (χ3n) is 3.34. The zero-order valence-corrected chi connectivity index (χ0v) is 11.8. The molecule has 0 unspecified atom stereocenters. The minimum absolute atomic E-state index is 0.910. The zero-order chi connectivity index (χ0) is 11.9. The Labute approximate surface area is 100 Å². The quantitative estimate of drug-likeness (QED) is 0.641. The van der Waals surface area contributed by atoms with Crippen molar-refractivity contribution in [3.8, 4) is 0 Å². The van der Waals surface area contributed by atoms with Crippen LogP contribution in [0.15, 0.2) is 0 Å². The maximum absolute atomic E-state index is 5.40. The Morgan fingerprint density at radius 1 is 0.938 bits per heavy atom. The van der Waals surface area contributed by atoms with Crippen LogP contribution < -0.4 is 0 Å². The van der Waals surface area contributed by atoms with E-state index in [0.29, 0.717) is 0 Å². The first kappa shape index (κ1) is 14.1. The minimum atomic E-state index is -2.33. The van der Waals surface area contributed by atoms with E-state index in [1.54, 1.807) is 21.3 Å². The average molecular weight is 247 g/mol. The van der Waals surface area contributed by atoms with E-state index in [2.05, 4.69) is 4.90 Å². The summed E-state index contributed by atoms with van der Waals surface area (Å²) in [6.45, 7) is 3.65. The molecule has 0 aliphatic carbocycles. The number of likely N-dealkylation sites (tertiary alicyclic amines) is 1. The van der Waals surface area contributed by atoms with Crippen molar-refractivity contribution in [1.29, 1.82) is 0 Å². The van der Waals surface area contributed by atoms with E-state index in [1.807, 2.05) is 0 Å². The molecule has 1 aliphatic rings. The van der Waals surface area contributed by atoms with Crippen molar-refractivity contribution in [2.45, 2.75) is 31.7 Å². The van der Waals surface area contributed by atoms with Gasteiger partial charge in [0.1, 0.15) is 0 Å². The molecule has 0 radical (unpaired) electrons. The molecule has 0 bridgehead atoms. The van der Waals surface area contributed by atoms with Gasteiger partial charge in [-0.3, -0.25) is 0 Å². The van der Waals surface area contributed by atoms with Crippen molar-refractivity contribution < 1.29 is 13.3 Å². The first-order chi connectivity index (χ1) is 7.76. The lowest BCUT2D eigenvalue weighted by Gasteiger charge is -2.28. The fraction of sp³-hybridized carbons (Fsp3) is 1.00. The van der Waals surface area contributed by atoms with Crippen LogP contribution in [0.4, 0.5) is 0 Å². The van der Waals surface area contributed by atoms with Crippen molar-refractivity contribution in [2.75, 3.05) is 41.0 Å². The number of piperidine rings is 1. The van der Waals surface area contributed by atoms with Gasteiger partial charge in [0.2, 0.25) is 0 Å². The van der Waals surface area contributed by atoms with Gasteiger partial charge in [-0.25, -0.2) is 0 Å². The van der Waals surface area contributed by atoms with E-state index >= 15 is 0 Å². The predicted molar refractivity (Wildman–Crippen MR) is 66.5 cm³/mol. The number of hydrogen-bond acceptors (Lipinski definition) is 4. The van der Waals surface area contributed by atoms with E-state index in [4.69, 9.17) is 13.3 Å². The van der Waals surface area contributed by atoms with Crippen LogP contribution in [-0.4, -0.2) is 54.7 Å². The molecule has 0 N–H and O–H groups in total. The second kappa shape index (κ2) is 7.40. The lowest BCUT2D eigenvalue weighted by molar-refractivity contribution is 0.120. The molecule has 0 spiro atoms. The fourth-order valence-corrected chi connectivity index (χ4v) is 3.96. The molecule has 1 fully saturated rings. The average Bonchev–Trinajstić information content (AvgIpc) is 2.37.